The molecule has 0 bridgehead atoms. The third-order valence-electron chi connectivity index (χ3n) is 8.12. The Hall–Kier alpha value is -5.08. The van der Waals surface area contributed by atoms with Gasteiger partial charge in [0.25, 0.3) is 0 Å². The Balaban J connectivity index is 1.38. The molecule has 2 heteroatoms. The Kier molecular flexibility index (Phi) is 6.37. The summed E-state index contributed by atoms with van der Waals surface area (Å²) in [6.07, 6.45) is 6.25. The number of aromatic nitrogens is 1. The van der Waals surface area contributed by atoms with E-state index in [2.05, 4.69) is 156 Å². The SMILES string of the molecule is C=Cc1ccc2c(c1)c1c(n2-c2ccccc2)CCC(N(c2ccccc2)c2ccc(-c3ccc(C)cc3)cc2)=C1. The number of benzene rings is 5. The molecule has 0 aliphatic heterocycles. The molecule has 1 aromatic heterocycles. The Morgan fingerprint density at radius 1 is 0.683 bits per heavy atom. The van der Waals surface area contributed by atoms with Crippen molar-refractivity contribution in [3.8, 4) is 16.8 Å². The molecular formula is C39H32N2. The van der Waals surface area contributed by atoms with E-state index in [1.54, 1.807) is 0 Å². The Bertz CT molecular complexity index is 1870. The first-order chi connectivity index (χ1) is 20.2. The first-order valence-corrected chi connectivity index (χ1v) is 14.3. The van der Waals surface area contributed by atoms with Crippen LogP contribution in [0.2, 0.25) is 0 Å². The average Bonchev–Trinajstić information content (AvgIpc) is 3.36. The van der Waals surface area contributed by atoms with E-state index in [-0.39, 0.29) is 0 Å². The van der Waals surface area contributed by atoms with Crippen molar-refractivity contribution in [3.05, 3.63) is 162 Å². The first-order valence-electron chi connectivity index (χ1n) is 14.3. The van der Waals surface area contributed by atoms with Crippen molar-refractivity contribution < 1.29 is 0 Å². The zero-order chi connectivity index (χ0) is 27.8. The number of anilines is 2. The standard InChI is InChI=1S/C39H32N2/c1-3-29-16-24-38-36(26-29)37-27-35(23-25-39(37)41(38)33-12-8-5-9-13-33)40(32-10-6-4-7-11-32)34-21-19-31(20-22-34)30-17-14-28(2)15-18-30/h3-22,24,26-27H,1,23,25H2,2H3. The van der Waals surface area contributed by atoms with Gasteiger partial charge < -0.3 is 9.47 Å². The third-order valence-corrected chi connectivity index (χ3v) is 8.12. The minimum absolute atomic E-state index is 0.944. The van der Waals surface area contributed by atoms with Gasteiger partial charge in [0.05, 0.1) is 5.52 Å². The van der Waals surface area contributed by atoms with Gasteiger partial charge in [-0.3, -0.25) is 0 Å². The minimum atomic E-state index is 0.944. The van der Waals surface area contributed by atoms with Gasteiger partial charge in [0, 0.05) is 39.4 Å². The van der Waals surface area contributed by atoms with Crippen LogP contribution in [-0.2, 0) is 6.42 Å². The van der Waals surface area contributed by atoms with Gasteiger partial charge in [-0.25, -0.2) is 0 Å². The van der Waals surface area contributed by atoms with Gasteiger partial charge in [-0.1, -0.05) is 97.1 Å². The second-order valence-electron chi connectivity index (χ2n) is 10.7. The minimum Gasteiger partial charge on any atom is -0.314 e. The summed E-state index contributed by atoms with van der Waals surface area (Å²) in [5.74, 6) is 0. The van der Waals surface area contributed by atoms with Crippen LogP contribution in [0.3, 0.4) is 0 Å². The molecule has 5 aromatic carbocycles. The zero-order valence-electron chi connectivity index (χ0n) is 23.3. The lowest BCUT2D eigenvalue weighted by atomic mass is 9.97. The molecule has 0 fully saturated rings. The molecule has 1 aliphatic rings. The number of aryl methyl sites for hydroxylation is 1. The smallest absolute Gasteiger partial charge is 0.0538 e. The molecule has 0 unspecified atom stereocenters. The van der Waals surface area contributed by atoms with Crippen molar-refractivity contribution in [2.75, 3.05) is 4.90 Å². The van der Waals surface area contributed by atoms with E-state index < -0.39 is 0 Å². The van der Waals surface area contributed by atoms with E-state index in [0.717, 1.165) is 18.4 Å². The van der Waals surface area contributed by atoms with E-state index >= 15 is 0 Å². The molecule has 198 valence electrons. The Morgan fingerprint density at radius 3 is 2.00 bits per heavy atom. The number of hydrogen-bond donors (Lipinski definition) is 0. The summed E-state index contributed by atoms with van der Waals surface area (Å²) in [6, 6.07) is 45.9. The van der Waals surface area contributed by atoms with Crippen molar-refractivity contribution in [1.82, 2.24) is 4.57 Å². The number of nitrogens with zero attached hydrogens (tertiary/aromatic N) is 2. The van der Waals surface area contributed by atoms with Gasteiger partial charge in [-0.15, -0.1) is 0 Å². The van der Waals surface area contributed by atoms with Crippen LogP contribution in [0.4, 0.5) is 11.4 Å². The maximum Gasteiger partial charge on any atom is 0.0538 e. The number of para-hydroxylation sites is 2. The van der Waals surface area contributed by atoms with Gasteiger partial charge in [0.2, 0.25) is 0 Å². The first kappa shape index (κ1) is 24.9. The summed E-state index contributed by atoms with van der Waals surface area (Å²) < 4.78 is 2.44. The van der Waals surface area contributed by atoms with E-state index in [0.29, 0.717) is 0 Å². The predicted molar refractivity (Wildman–Crippen MR) is 175 cm³/mol. The second kappa shape index (κ2) is 10.5. The van der Waals surface area contributed by atoms with Crippen LogP contribution in [0.1, 0.15) is 28.8 Å². The van der Waals surface area contributed by atoms with Crippen LogP contribution < -0.4 is 4.90 Å². The zero-order valence-corrected chi connectivity index (χ0v) is 23.3. The fourth-order valence-corrected chi connectivity index (χ4v) is 6.06. The van der Waals surface area contributed by atoms with Crippen molar-refractivity contribution in [2.24, 2.45) is 0 Å². The molecule has 0 saturated carbocycles. The number of hydrogen-bond acceptors (Lipinski definition) is 1. The molecule has 1 heterocycles. The molecule has 0 saturated heterocycles. The molecular weight excluding hydrogens is 496 g/mol. The van der Waals surface area contributed by atoms with Crippen LogP contribution >= 0.6 is 0 Å². The lowest BCUT2D eigenvalue weighted by Crippen LogP contribution is -2.19. The lowest BCUT2D eigenvalue weighted by Gasteiger charge is -2.30. The highest BCUT2D eigenvalue weighted by Crippen LogP contribution is 2.41. The summed E-state index contributed by atoms with van der Waals surface area (Å²) in [7, 11) is 0. The van der Waals surface area contributed by atoms with Crippen molar-refractivity contribution in [1.29, 1.82) is 0 Å². The van der Waals surface area contributed by atoms with E-state index in [1.807, 2.05) is 6.08 Å². The summed E-state index contributed by atoms with van der Waals surface area (Å²) in [4.78, 5) is 2.42. The topological polar surface area (TPSA) is 8.17 Å². The molecule has 7 rings (SSSR count). The molecule has 41 heavy (non-hydrogen) atoms. The molecule has 1 aliphatic carbocycles. The average molecular weight is 529 g/mol. The highest BCUT2D eigenvalue weighted by molar-refractivity contribution is 5.96. The van der Waals surface area contributed by atoms with E-state index in [1.165, 1.54) is 61.6 Å². The van der Waals surface area contributed by atoms with Crippen LogP contribution in [-0.4, -0.2) is 4.57 Å². The van der Waals surface area contributed by atoms with Crippen LogP contribution in [0.25, 0.3) is 39.9 Å². The fourth-order valence-electron chi connectivity index (χ4n) is 6.06. The van der Waals surface area contributed by atoms with Crippen molar-refractivity contribution >= 4 is 34.4 Å². The lowest BCUT2D eigenvalue weighted by molar-refractivity contribution is 0.838. The predicted octanol–water partition coefficient (Wildman–Crippen LogP) is 10.4. The molecule has 0 spiro atoms. The highest BCUT2D eigenvalue weighted by Gasteiger charge is 2.25. The summed E-state index contributed by atoms with van der Waals surface area (Å²) in [6.45, 7) is 6.17. The highest BCUT2D eigenvalue weighted by atomic mass is 15.2. The molecule has 2 nitrogen and oxygen atoms in total. The van der Waals surface area contributed by atoms with Crippen LogP contribution in [0.5, 0.6) is 0 Å². The summed E-state index contributed by atoms with van der Waals surface area (Å²) in [5.41, 5.74) is 13.6. The van der Waals surface area contributed by atoms with Crippen LogP contribution in [0.15, 0.2) is 140 Å². The van der Waals surface area contributed by atoms with E-state index in [4.69, 9.17) is 0 Å². The van der Waals surface area contributed by atoms with E-state index in [9.17, 15) is 0 Å². The molecule has 0 radical (unpaired) electrons. The van der Waals surface area contributed by atoms with Gasteiger partial charge in [0.15, 0.2) is 0 Å². The monoisotopic (exact) mass is 528 g/mol. The quantitative estimate of drug-likeness (QED) is 0.209. The van der Waals surface area contributed by atoms with Gasteiger partial charge in [-0.05, 0) is 91.1 Å². The summed E-state index contributed by atoms with van der Waals surface area (Å²) in [5, 5.41) is 1.26. The fraction of sp³-hybridized carbons (Fsp3) is 0.0769. The number of allylic oxidation sites excluding steroid dienone is 1. The second-order valence-corrected chi connectivity index (χ2v) is 10.7. The maximum atomic E-state index is 4.04. The molecule has 0 N–H and O–H groups in total. The van der Waals surface area contributed by atoms with Crippen molar-refractivity contribution in [2.45, 2.75) is 19.8 Å². The molecule has 6 aromatic rings. The largest absolute Gasteiger partial charge is 0.314 e. The maximum absolute atomic E-state index is 4.04. The summed E-state index contributed by atoms with van der Waals surface area (Å²) >= 11 is 0. The third kappa shape index (κ3) is 4.58. The van der Waals surface area contributed by atoms with Crippen LogP contribution in [0, 0.1) is 6.92 Å². The number of fused-ring (bicyclic) bond motifs is 3. The molecule has 0 amide bonds. The van der Waals surface area contributed by atoms with Gasteiger partial charge >= 0.3 is 0 Å². The Labute approximate surface area is 242 Å². The molecule has 0 atom stereocenters. The Morgan fingerprint density at radius 2 is 1.32 bits per heavy atom. The van der Waals surface area contributed by atoms with Gasteiger partial charge in [-0.2, -0.15) is 0 Å². The number of rotatable bonds is 6. The van der Waals surface area contributed by atoms with Crippen molar-refractivity contribution in [3.63, 3.8) is 0 Å². The van der Waals surface area contributed by atoms with Gasteiger partial charge in [0.1, 0.15) is 0 Å². The normalized spacial score (nSPS) is 12.6.